The van der Waals surface area contributed by atoms with Gasteiger partial charge >= 0.3 is 0 Å². The van der Waals surface area contributed by atoms with E-state index in [1.807, 2.05) is 6.92 Å². The number of benzene rings is 1. The summed E-state index contributed by atoms with van der Waals surface area (Å²) >= 11 is 0. The van der Waals surface area contributed by atoms with Crippen LogP contribution in [-0.2, 0) is 20.0 Å². The monoisotopic (exact) mass is 362 g/mol. The second-order valence-corrected chi connectivity index (χ2v) is 9.54. The van der Waals surface area contributed by atoms with Gasteiger partial charge in [-0.2, -0.15) is 8.61 Å². The summed E-state index contributed by atoms with van der Waals surface area (Å²) in [7, 11) is -5.59. The molecule has 0 N–H and O–H groups in total. The molecule has 1 aromatic rings. The highest BCUT2D eigenvalue weighted by Gasteiger charge is 2.34. The molecule has 0 atom stereocenters. The quantitative estimate of drug-likeness (QED) is 0.782. The van der Waals surface area contributed by atoms with Gasteiger partial charge in [-0.1, -0.05) is 6.07 Å². The van der Waals surface area contributed by atoms with Crippen molar-refractivity contribution in [2.75, 3.05) is 39.5 Å². The predicted molar refractivity (Wildman–Crippen MR) is 87.6 cm³/mol. The first-order valence-corrected chi connectivity index (χ1v) is 10.5. The average Bonchev–Trinajstić information content (AvgIpc) is 2.45. The molecule has 0 aromatic heterocycles. The molecule has 9 heteroatoms. The van der Waals surface area contributed by atoms with E-state index in [0.717, 1.165) is 11.8 Å². The van der Waals surface area contributed by atoms with Crippen LogP contribution in [0.3, 0.4) is 0 Å². The molecule has 130 valence electrons. The number of methoxy groups -OCH3 is 1. The van der Waals surface area contributed by atoms with Crippen LogP contribution in [0.15, 0.2) is 17.0 Å². The zero-order valence-corrected chi connectivity index (χ0v) is 15.4. The lowest BCUT2D eigenvalue weighted by Crippen LogP contribution is -2.50. The number of aryl methyl sites for hydroxylation is 2. The number of hydrogen-bond acceptors (Lipinski definition) is 5. The van der Waals surface area contributed by atoms with Gasteiger partial charge in [0, 0.05) is 26.2 Å². The maximum absolute atomic E-state index is 12.9. The van der Waals surface area contributed by atoms with E-state index in [0.29, 0.717) is 11.3 Å². The van der Waals surface area contributed by atoms with E-state index in [9.17, 15) is 16.8 Å². The van der Waals surface area contributed by atoms with Crippen molar-refractivity contribution in [1.82, 2.24) is 8.61 Å². The van der Waals surface area contributed by atoms with Crippen LogP contribution in [0.4, 0.5) is 0 Å². The van der Waals surface area contributed by atoms with Crippen LogP contribution in [0.5, 0.6) is 5.75 Å². The normalized spacial score (nSPS) is 18.1. The summed E-state index contributed by atoms with van der Waals surface area (Å²) in [6.07, 6.45) is 1.13. The Hall–Kier alpha value is -1.16. The van der Waals surface area contributed by atoms with Crippen LogP contribution >= 0.6 is 0 Å². The predicted octanol–water partition coefficient (Wildman–Crippen LogP) is 0.578. The molecule has 1 aromatic carbocycles. The Balaban J connectivity index is 2.34. The maximum Gasteiger partial charge on any atom is 0.247 e. The van der Waals surface area contributed by atoms with E-state index >= 15 is 0 Å². The molecule has 0 aliphatic carbocycles. The summed E-state index contributed by atoms with van der Waals surface area (Å²) in [5, 5.41) is 0. The van der Waals surface area contributed by atoms with E-state index in [2.05, 4.69) is 0 Å². The first-order valence-electron chi connectivity index (χ1n) is 7.18. The molecule has 1 aliphatic heterocycles. The van der Waals surface area contributed by atoms with Gasteiger partial charge < -0.3 is 4.74 Å². The molecule has 1 fully saturated rings. The number of sulfonamides is 2. The fourth-order valence-electron chi connectivity index (χ4n) is 2.77. The molecule has 0 bridgehead atoms. The van der Waals surface area contributed by atoms with Crippen molar-refractivity contribution in [3.63, 3.8) is 0 Å². The van der Waals surface area contributed by atoms with E-state index in [-0.39, 0.29) is 31.1 Å². The summed E-state index contributed by atoms with van der Waals surface area (Å²) in [4.78, 5) is 0.151. The summed E-state index contributed by atoms with van der Waals surface area (Å²) in [5.74, 6) is 0.313. The minimum absolute atomic E-state index is 0.131. The highest BCUT2D eigenvalue weighted by atomic mass is 32.2. The zero-order valence-electron chi connectivity index (χ0n) is 13.7. The van der Waals surface area contributed by atoms with Crippen molar-refractivity contribution >= 4 is 20.0 Å². The second-order valence-electron chi connectivity index (χ2n) is 5.68. The molecule has 1 heterocycles. The van der Waals surface area contributed by atoms with E-state index in [4.69, 9.17) is 4.74 Å². The van der Waals surface area contributed by atoms with Gasteiger partial charge in [0.1, 0.15) is 10.6 Å². The Kier molecular flexibility index (Phi) is 5.05. The zero-order chi connectivity index (χ0) is 17.4. The molecule has 0 spiro atoms. The Morgan fingerprint density at radius 3 is 1.96 bits per heavy atom. The number of hydrogen-bond donors (Lipinski definition) is 0. The summed E-state index contributed by atoms with van der Waals surface area (Å²) in [5.41, 5.74) is 1.53. The van der Waals surface area contributed by atoms with Crippen LogP contribution < -0.4 is 4.74 Å². The lowest BCUT2D eigenvalue weighted by Gasteiger charge is -2.33. The summed E-state index contributed by atoms with van der Waals surface area (Å²) in [6.45, 7) is 4.18. The highest BCUT2D eigenvalue weighted by molar-refractivity contribution is 7.89. The first-order chi connectivity index (χ1) is 10.6. The summed E-state index contributed by atoms with van der Waals surface area (Å²) in [6, 6.07) is 3.48. The van der Waals surface area contributed by atoms with Crippen LogP contribution in [-0.4, -0.2) is 65.0 Å². The third kappa shape index (κ3) is 3.68. The van der Waals surface area contributed by atoms with Gasteiger partial charge in [-0.3, -0.25) is 0 Å². The van der Waals surface area contributed by atoms with Crippen molar-refractivity contribution in [3.05, 3.63) is 23.3 Å². The number of ether oxygens (including phenoxy) is 1. The van der Waals surface area contributed by atoms with Gasteiger partial charge in [-0.15, -0.1) is 0 Å². The highest BCUT2D eigenvalue weighted by Crippen LogP contribution is 2.31. The van der Waals surface area contributed by atoms with Crippen molar-refractivity contribution in [1.29, 1.82) is 0 Å². The van der Waals surface area contributed by atoms with Gasteiger partial charge in [-0.05, 0) is 31.0 Å². The number of nitrogens with zero attached hydrogens (tertiary/aromatic N) is 2. The van der Waals surface area contributed by atoms with Gasteiger partial charge in [0.05, 0.1) is 13.4 Å². The molecule has 0 unspecified atom stereocenters. The molecule has 1 aliphatic rings. The van der Waals surface area contributed by atoms with Crippen molar-refractivity contribution in [3.8, 4) is 5.75 Å². The molecule has 0 saturated carbocycles. The van der Waals surface area contributed by atoms with Crippen molar-refractivity contribution in [2.45, 2.75) is 18.7 Å². The number of rotatable bonds is 4. The number of piperazine rings is 1. The SMILES string of the molecule is COc1cc(C)cc(C)c1S(=O)(=O)N1CCN(S(C)(=O)=O)CC1. The van der Waals surface area contributed by atoms with Gasteiger partial charge in [0.25, 0.3) is 0 Å². The molecule has 2 rings (SSSR count). The Morgan fingerprint density at radius 1 is 0.957 bits per heavy atom. The molecule has 23 heavy (non-hydrogen) atoms. The van der Waals surface area contributed by atoms with Gasteiger partial charge in [-0.25, -0.2) is 16.8 Å². The van der Waals surface area contributed by atoms with Crippen LogP contribution in [0.2, 0.25) is 0 Å². The Bertz CT molecular complexity index is 795. The third-order valence-electron chi connectivity index (χ3n) is 3.87. The smallest absolute Gasteiger partial charge is 0.247 e. The molecule has 0 radical (unpaired) electrons. The molecule has 1 saturated heterocycles. The van der Waals surface area contributed by atoms with Gasteiger partial charge in [0.15, 0.2) is 0 Å². The fraction of sp³-hybridized carbons (Fsp3) is 0.571. The summed E-state index contributed by atoms with van der Waals surface area (Å²) < 4.78 is 56.8. The second kappa shape index (κ2) is 6.39. The molecular weight excluding hydrogens is 340 g/mol. The molecule has 0 amide bonds. The van der Waals surface area contributed by atoms with E-state index < -0.39 is 20.0 Å². The lowest BCUT2D eigenvalue weighted by molar-refractivity contribution is 0.273. The van der Waals surface area contributed by atoms with Crippen molar-refractivity contribution in [2.24, 2.45) is 0 Å². The minimum Gasteiger partial charge on any atom is -0.495 e. The lowest BCUT2D eigenvalue weighted by atomic mass is 10.1. The van der Waals surface area contributed by atoms with Crippen LogP contribution in [0.25, 0.3) is 0 Å². The topological polar surface area (TPSA) is 84.0 Å². The average molecular weight is 362 g/mol. The molecular formula is C14H22N2O5S2. The van der Waals surface area contributed by atoms with Crippen molar-refractivity contribution < 1.29 is 21.6 Å². The maximum atomic E-state index is 12.9. The van der Waals surface area contributed by atoms with E-state index in [1.165, 1.54) is 15.7 Å². The Morgan fingerprint density at radius 2 is 1.48 bits per heavy atom. The fourth-order valence-corrected chi connectivity index (χ4v) is 5.36. The van der Waals surface area contributed by atoms with Gasteiger partial charge in [0.2, 0.25) is 20.0 Å². The Labute approximate surface area is 137 Å². The standard InChI is InChI=1S/C14H22N2O5S2/c1-11-9-12(2)14(13(10-11)21-3)23(19,20)16-7-5-15(6-8-16)22(4,17)18/h9-10H,5-8H2,1-4H3. The first kappa shape index (κ1) is 18.2. The molecule has 7 nitrogen and oxygen atoms in total. The third-order valence-corrected chi connectivity index (χ3v) is 7.26. The largest absolute Gasteiger partial charge is 0.495 e. The van der Waals surface area contributed by atoms with E-state index in [1.54, 1.807) is 19.1 Å². The van der Waals surface area contributed by atoms with Crippen LogP contribution in [0.1, 0.15) is 11.1 Å². The minimum atomic E-state index is -3.73. The van der Waals surface area contributed by atoms with Crippen LogP contribution in [0, 0.1) is 13.8 Å².